The Bertz CT molecular complexity index is 703. The monoisotopic (exact) mass is 342 g/mol. The summed E-state index contributed by atoms with van der Waals surface area (Å²) >= 11 is 0. The lowest BCUT2D eigenvalue weighted by atomic mass is 10.0. The maximum Gasteiger partial charge on any atom is 0.253 e. The Morgan fingerprint density at radius 3 is 2.40 bits per heavy atom. The number of aryl methyl sites for hydroxylation is 2. The molecule has 2 rings (SSSR count). The van der Waals surface area contributed by atoms with Crippen LogP contribution < -0.4 is 5.73 Å². The number of rotatable bonds is 7. The molecule has 0 bridgehead atoms. The van der Waals surface area contributed by atoms with E-state index in [2.05, 4.69) is 31.9 Å². The van der Waals surface area contributed by atoms with Crippen LogP contribution in [0.1, 0.15) is 47.6 Å². The molecule has 1 amide bonds. The van der Waals surface area contributed by atoms with E-state index in [1.807, 2.05) is 42.9 Å². The molecule has 0 fully saturated rings. The predicted molar refractivity (Wildman–Crippen MR) is 102 cm³/mol. The van der Waals surface area contributed by atoms with Crippen LogP contribution in [0.2, 0.25) is 0 Å². The lowest BCUT2D eigenvalue weighted by molar-refractivity contribution is 0.0789. The van der Waals surface area contributed by atoms with E-state index in [0.29, 0.717) is 24.6 Å². The molecule has 5 nitrogen and oxygen atoms in total. The van der Waals surface area contributed by atoms with Crippen LogP contribution in [0.5, 0.6) is 0 Å². The Labute approximate surface area is 150 Å². The van der Waals surface area contributed by atoms with Crippen molar-refractivity contribution >= 4 is 5.91 Å². The Hall–Kier alpha value is -2.14. The maximum atomic E-state index is 12.5. The molecular formula is C20H30N4O. The van der Waals surface area contributed by atoms with Gasteiger partial charge in [0.15, 0.2) is 0 Å². The quantitative estimate of drug-likeness (QED) is 0.841. The first-order valence-electron chi connectivity index (χ1n) is 8.89. The van der Waals surface area contributed by atoms with Crippen LogP contribution in [-0.2, 0) is 6.54 Å². The highest BCUT2D eigenvalue weighted by Gasteiger charge is 2.14. The average molecular weight is 342 g/mol. The van der Waals surface area contributed by atoms with Crippen molar-refractivity contribution in [2.24, 2.45) is 11.7 Å². The summed E-state index contributed by atoms with van der Waals surface area (Å²) in [7, 11) is 1.83. The van der Waals surface area contributed by atoms with Gasteiger partial charge in [-0.2, -0.15) is 5.10 Å². The van der Waals surface area contributed by atoms with Crippen molar-refractivity contribution in [3.05, 3.63) is 52.8 Å². The van der Waals surface area contributed by atoms with E-state index in [1.165, 1.54) is 0 Å². The minimum Gasteiger partial charge on any atom is -0.342 e. The van der Waals surface area contributed by atoms with Crippen LogP contribution in [0.25, 0.3) is 0 Å². The van der Waals surface area contributed by atoms with E-state index in [-0.39, 0.29) is 11.9 Å². The number of benzene rings is 1. The molecule has 1 unspecified atom stereocenters. The molecule has 1 heterocycles. The van der Waals surface area contributed by atoms with Gasteiger partial charge in [-0.05, 0) is 49.9 Å². The topological polar surface area (TPSA) is 64.2 Å². The first-order valence-corrected chi connectivity index (χ1v) is 8.89. The van der Waals surface area contributed by atoms with Crippen molar-refractivity contribution in [2.75, 3.05) is 13.6 Å². The van der Waals surface area contributed by atoms with Gasteiger partial charge in [0.1, 0.15) is 0 Å². The molecule has 1 aromatic heterocycles. The van der Waals surface area contributed by atoms with Gasteiger partial charge in [-0.3, -0.25) is 9.48 Å². The highest BCUT2D eigenvalue weighted by Crippen LogP contribution is 2.11. The smallest absolute Gasteiger partial charge is 0.253 e. The largest absolute Gasteiger partial charge is 0.342 e. The number of aromatic nitrogens is 2. The number of carbonyl (C=O) groups is 1. The fourth-order valence-corrected chi connectivity index (χ4v) is 2.76. The molecule has 0 radical (unpaired) electrons. The minimum absolute atomic E-state index is 0.0358. The summed E-state index contributed by atoms with van der Waals surface area (Å²) in [6.07, 6.45) is 0.815. The SMILES string of the molecule is Cc1cc(C)n(Cc2ccc(C(=O)N(C)CCC(N)C(C)C)cc2)n1. The highest BCUT2D eigenvalue weighted by molar-refractivity contribution is 5.94. The average Bonchev–Trinajstić information content (AvgIpc) is 2.89. The molecule has 25 heavy (non-hydrogen) atoms. The van der Waals surface area contributed by atoms with Crippen LogP contribution >= 0.6 is 0 Å². The molecule has 2 N–H and O–H groups in total. The van der Waals surface area contributed by atoms with E-state index in [9.17, 15) is 4.79 Å². The normalized spacial score (nSPS) is 12.4. The van der Waals surface area contributed by atoms with Crippen LogP contribution in [0.4, 0.5) is 0 Å². The van der Waals surface area contributed by atoms with Gasteiger partial charge in [0.2, 0.25) is 0 Å². The number of carbonyl (C=O) groups excluding carboxylic acids is 1. The number of hydrogen-bond acceptors (Lipinski definition) is 3. The van der Waals surface area contributed by atoms with Gasteiger partial charge in [-0.1, -0.05) is 26.0 Å². The van der Waals surface area contributed by atoms with E-state index in [0.717, 1.165) is 23.4 Å². The van der Waals surface area contributed by atoms with Gasteiger partial charge in [-0.25, -0.2) is 0 Å². The van der Waals surface area contributed by atoms with Crippen molar-refractivity contribution < 1.29 is 4.79 Å². The van der Waals surface area contributed by atoms with Crippen LogP contribution in [-0.4, -0.2) is 40.2 Å². The van der Waals surface area contributed by atoms with E-state index in [4.69, 9.17) is 5.73 Å². The van der Waals surface area contributed by atoms with Crippen LogP contribution in [0.3, 0.4) is 0 Å². The Morgan fingerprint density at radius 1 is 1.24 bits per heavy atom. The molecular weight excluding hydrogens is 312 g/mol. The lowest BCUT2D eigenvalue weighted by Gasteiger charge is -2.21. The molecule has 0 saturated heterocycles. The fraction of sp³-hybridized carbons (Fsp3) is 0.500. The third-order valence-electron chi connectivity index (χ3n) is 4.64. The number of hydrogen-bond donors (Lipinski definition) is 1. The number of nitrogens with two attached hydrogens (primary N) is 1. The standard InChI is InChI=1S/C20H30N4O/c1-14(2)19(21)10-11-23(5)20(25)18-8-6-17(7-9-18)13-24-16(4)12-15(3)22-24/h6-9,12,14,19H,10-11,13,21H2,1-5H3. The van der Waals surface area contributed by atoms with Gasteiger partial charge >= 0.3 is 0 Å². The Balaban J connectivity index is 1.96. The summed E-state index contributed by atoms with van der Waals surface area (Å²) < 4.78 is 1.98. The van der Waals surface area contributed by atoms with E-state index >= 15 is 0 Å². The molecule has 1 atom stereocenters. The summed E-state index contributed by atoms with van der Waals surface area (Å²) in [5.74, 6) is 0.464. The maximum absolute atomic E-state index is 12.5. The third-order valence-corrected chi connectivity index (χ3v) is 4.64. The second-order valence-electron chi connectivity index (χ2n) is 7.20. The molecule has 0 saturated carbocycles. The summed E-state index contributed by atoms with van der Waals surface area (Å²) in [5.41, 5.74) is 10.1. The second kappa shape index (κ2) is 8.30. The molecule has 2 aromatic rings. The van der Waals surface area contributed by atoms with E-state index < -0.39 is 0 Å². The van der Waals surface area contributed by atoms with Crippen molar-refractivity contribution in [3.8, 4) is 0 Å². The van der Waals surface area contributed by atoms with Gasteiger partial charge in [0.05, 0.1) is 12.2 Å². The van der Waals surface area contributed by atoms with Crippen molar-refractivity contribution in [3.63, 3.8) is 0 Å². The zero-order valence-corrected chi connectivity index (χ0v) is 16.0. The lowest BCUT2D eigenvalue weighted by Crippen LogP contribution is -2.34. The first kappa shape index (κ1) is 19.2. The van der Waals surface area contributed by atoms with Gasteiger partial charge in [0, 0.05) is 30.9 Å². The zero-order chi connectivity index (χ0) is 18.6. The molecule has 0 aliphatic rings. The minimum atomic E-state index is 0.0358. The molecule has 0 spiro atoms. The third kappa shape index (κ3) is 5.16. The summed E-state index contributed by atoms with van der Waals surface area (Å²) in [6, 6.07) is 9.96. The molecule has 136 valence electrons. The summed E-state index contributed by atoms with van der Waals surface area (Å²) in [5, 5.41) is 4.48. The number of amides is 1. The van der Waals surface area contributed by atoms with Crippen molar-refractivity contribution in [1.82, 2.24) is 14.7 Å². The fourth-order valence-electron chi connectivity index (χ4n) is 2.76. The van der Waals surface area contributed by atoms with Crippen LogP contribution in [0, 0.1) is 19.8 Å². The van der Waals surface area contributed by atoms with Crippen molar-refractivity contribution in [1.29, 1.82) is 0 Å². The Morgan fingerprint density at radius 2 is 1.88 bits per heavy atom. The number of nitrogens with zero attached hydrogens (tertiary/aromatic N) is 3. The molecule has 5 heteroatoms. The summed E-state index contributed by atoms with van der Waals surface area (Å²) in [4.78, 5) is 14.3. The second-order valence-corrected chi connectivity index (χ2v) is 7.20. The van der Waals surface area contributed by atoms with Gasteiger partial charge in [-0.15, -0.1) is 0 Å². The Kier molecular flexibility index (Phi) is 6.37. The predicted octanol–water partition coefficient (Wildman–Crippen LogP) is 2.99. The first-order chi connectivity index (χ1) is 11.8. The van der Waals surface area contributed by atoms with Crippen molar-refractivity contribution in [2.45, 2.75) is 46.7 Å². The van der Waals surface area contributed by atoms with E-state index in [1.54, 1.807) is 4.90 Å². The van der Waals surface area contributed by atoms with Gasteiger partial charge < -0.3 is 10.6 Å². The zero-order valence-electron chi connectivity index (χ0n) is 16.0. The summed E-state index contributed by atoms with van der Waals surface area (Å²) in [6.45, 7) is 9.64. The molecule has 0 aliphatic heterocycles. The van der Waals surface area contributed by atoms with Crippen LogP contribution in [0.15, 0.2) is 30.3 Å². The van der Waals surface area contributed by atoms with Gasteiger partial charge in [0.25, 0.3) is 5.91 Å². The molecule has 0 aliphatic carbocycles. The highest BCUT2D eigenvalue weighted by atomic mass is 16.2. The molecule has 1 aromatic carbocycles.